The highest BCUT2D eigenvalue weighted by Crippen LogP contribution is 2.11. The summed E-state index contributed by atoms with van der Waals surface area (Å²) in [6.07, 6.45) is 0.672. The number of carbonyl (C=O) groups is 1. The average molecular weight is 321 g/mol. The first-order valence-electron chi connectivity index (χ1n) is 7.96. The van der Waals surface area contributed by atoms with Gasteiger partial charge in [-0.1, -0.05) is 42.5 Å². The molecule has 5 heteroatoms. The van der Waals surface area contributed by atoms with Crippen LogP contribution >= 0.6 is 0 Å². The Hall–Kier alpha value is -2.95. The molecule has 0 spiro atoms. The van der Waals surface area contributed by atoms with E-state index in [1.54, 1.807) is 18.2 Å². The first-order valence-corrected chi connectivity index (χ1v) is 7.96. The number of fused-ring (bicyclic) bond motifs is 1. The lowest BCUT2D eigenvalue weighted by molar-refractivity contribution is -0.121. The van der Waals surface area contributed by atoms with Crippen molar-refractivity contribution in [1.82, 2.24) is 15.3 Å². The van der Waals surface area contributed by atoms with Gasteiger partial charge in [-0.05, 0) is 24.6 Å². The van der Waals surface area contributed by atoms with Crippen molar-refractivity contribution in [3.63, 3.8) is 0 Å². The van der Waals surface area contributed by atoms with Crippen LogP contribution in [-0.4, -0.2) is 15.9 Å². The number of carbonyl (C=O) groups excluding carboxylic acids is 1. The quantitative estimate of drug-likeness (QED) is 0.759. The van der Waals surface area contributed by atoms with E-state index in [2.05, 4.69) is 15.3 Å². The lowest BCUT2D eigenvalue weighted by Crippen LogP contribution is -2.27. The number of hydrogen-bond acceptors (Lipinski definition) is 3. The molecule has 3 rings (SSSR count). The Labute approximate surface area is 139 Å². The summed E-state index contributed by atoms with van der Waals surface area (Å²) in [4.78, 5) is 31.3. The zero-order chi connectivity index (χ0) is 16.9. The predicted molar refractivity (Wildman–Crippen MR) is 93.7 cm³/mol. The van der Waals surface area contributed by atoms with E-state index in [4.69, 9.17) is 0 Å². The largest absolute Gasteiger partial charge is 0.350 e. The van der Waals surface area contributed by atoms with E-state index in [1.807, 2.05) is 43.3 Å². The molecule has 0 aliphatic carbocycles. The Morgan fingerprint density at radius 3 is 2.62 bits per heavy atom. The van der Waals surface area contributed by atoms with E-state index >= 15 is 0 Å². The number of benzene rings is 2. The number of aryl methyl sites for hydroxylation is 1. The van der Waals surface area contributed by atoms with E-state index in [0.29, 0.717) is 23.1 Å². The third-order valence-corrected chi connectivity index (χ3v) is 3.93. The molecule has 5 nitrogen and oxygen atoms in total. The summed E-state index contributed by atoms with van der Waals surface area (Å²) in [5.41, 5.74) is 1.53. The molecule has 2 N–H and O–H groups in total. The molecule has 24 heavy (non-hydrogen) atoms. The van der Waals surface area contributed by atoms with Crippen molar-refractivity contribution in [2.75, 3.05) is 0 Å². The molecule has 3 aromatic rings. The molecule has 1 atom stereocenters. The Kier molecular flexibility index (Phi) is 4.70. The molecule has 1 amide bonds. The molecule has 0 radical (unpaired) electrons. The van der Waals surface area contributed by atoms with Crippen molar-refractivity contribution in [1.29, 1.82) is 0 Å². The summed E-state index contributed by atoms with van der Waals surface area (Å²) in [7, 11) is 0. The second-order valence-corrected chi connectivity index (χ2v) is 5.73. The first kappa shape index (κ1) is 15.9. The molecule has 0 aliphatic heterocycles. The molecule has 1 aromatic heterocycles. The Morgan fingerprint density at radius 2 is 1.83 bits per heavy atom. The van der Waals surface area contributed by atoms with Gasteiger partial charge in [0, 0.05) is 12.8 Å². The lowest BCUT2D eigenvalue weighted by Gasteiger charge is -2.14. The highest BCUT2D eigenvalue weighted by atomic mass is 16.1. The Morgan fingerprint density at radius 1 is 1.12 bits per heavy atom. The molecule has 2 aromatic carbocycles. The van der Waals surface area contributed by atoms with Crippen LogP contribution in [0.3, 0.4) is 0 Å². The maximum atomic E-state index is 12.1. The standard InChI is InChI=1S/C19H19N3O2/c1-13(14-7-3-2-4-8-14)20-18(23)12-11-17-21-16-10-6-5-9-15(16)19(24)22-17/h2-10,13H,11-12H2,1H3,(H,20,23)(H,21,22,24). The monoisotopic (exact) mass is 321 g/mol. The van der Waals surface area contributed by atoms with Crippen molar-refractivity contribution in [2.45, 2.75) is 25.8 Å². The minimum absolute atomic E-state index is 0.0534. The molecule has 0 saturated carbocycles. The molecular formula is C19H19N3O2. The van der Waals surface area contributed by atoms with Crippen LogP contribution in [0.25, 0.3) is 10.9 Å². The van der Waals surface area contributed by atoms with Gasteiger partial charge in [-0.3, -0.25) is 9.59 Å². The zero-order valence-electron chi connectivity index (χ0n) is 13.5. The predicted octanol–water partition coefficient (Wildman–Crippen LogP) is 2.73. The number of aromatic amines is 1. The van der Waals surface area contributed by atoms with Crippen LogP contribution in [0.2, 0.25) is 0 Å². The van der Waals surface area contributed by atoms with Gasteiger partial charge in [0.05, 0.1) is 16.9 Å². The molecule has 1 unspecified atom stereocenters. The van der Waals surface area contributed by atoms with E-state index < -0.39 is 0 Å². The number of hydrogen-bond donors (Lipinski definition) is 2. The van der Waals surface area contributed by atoms with Crippen molar-refractivity contribution in [3.8, 4) is 0 Å². The fraction of sp³-hybridized carbons (Fsp3) is 0.211. The van der Waals surface area contributed by atoms with E-state index in [-0.39, 0.29) is 23.9 Å². The number of rotatable bonds is 5. The molecular weight excluding hydrogens is 302 g/mol. The van der Waals surface area contributed by atoms with Gasteiger partial charge in [0.1, 0.15) is 5.82 Å². The molecule has 0 aliphatic rings. The van der Waals surface area contributed by atoms with Crippen LogP contribution in [-0.2, 0) is 11.2 Å². The minimum Gasteiger partial charge on any atom is -0.350 e. The molecule has 0 saturated heterocycles. The third-order valence-electron chi connectivity index (χ3n) is 3.93. The van der Waals surface area contributed by atoms with Crippen LogP contribution in [0.15, 0.2) is 59.4 Å². The topological polar surface area (TPSA) is 74.8 Å². The van der Waals surface area contributed by atoms with Gasteiger partial charge in [0.2, 0.25) is 5.91 Å². The van der Waals surface area contributed by atoms with Crippen LogP contribution in [0, 0.1) is 0 Å². The van der Waals surface area contributed by atoms with Crippen LogP contribution in [0.1, 0.15) is 30.8 Å². The second-order valence-electron chi connectivity index (χ2n) is 5.73. The van der Waals surface area contributed by atoms with Crippen LogP contribution in [0.4, 0.5) is 0 Å². The fourth-order valence-corrected chi connectivity index (χ4v) is 2.62. The highest BCUT2D eigenvalue weighted by Gasteiger charge is 2.10. The SMILES string of the molecule is CC(NC(=O)CCc1nc2ccccc2c(=O)[nH]1)c1ccccc1. The van der Waals surface area contributed by atoms with Crippen molar-refractivity contribution >= 4 is 16.8 Å². The van der Waals surface area contributed by atoms with Crippen molar-refractivity contribution < 1.29 is 4.79 Å². The van der Waals surface area contributed by atoms with Gasteiger partial charge in [-0.25, -0.2) is 4.98 Å². The van der Waals surface area contributed by atoms with E-state index in [9.17, 15) is 9.59 Å². The summed E-state index contributed by atoms with van der Waals surface area (Å²) < 4.78 is 0. The lowest BCUT2D eigenvalue weighted by atomic mass is 10.1. The smallest absolute Gasteiger partial charge is 0.258 e. The van der Waals surface area contributed by atoms with Gasteiger partial charge >= 0.3 is 0 Å². The van der Waals surface area contributed by atoms with Crippen molar-refractivity contribution in [3.05, 3.63) is 76.3 Å². The van der Waals surface area contributed by atoms with Gasteiger partial charge in [0.15, 0.2) is 0 Å². The first-order chi connectivity index (χ1) is 11.6. The van der Waals surface area contributed by atoms with E-state index in [0.717, 1.165) is 5.56 Å². The average Bonchev–Trinajstić information content (AvgIpc) is 2.61. The molecule has 1 heterocycles. The number of nitrogens with one attached hydrogen (secondary N) is 2. The Bertz CT molecular complexity index is 903. The molecule has 122 valence electrons. The fourth-order valence-electron chi connectivity index (χ4n) is 2.62. The number of amides is 1. The highest BCUT2D eigenvalue weighted by molar-refractivity contribution is 5.78. The molecule has 0 bridgehead atoms. The van der Waals surface area contributed by atoms with Gasteiger partial charge in [-0.15, -0.1) is 0 Å². The van der Waals surface area contributed by atoms with Crippen LogP contribution in [0.5, 0.6) is 0 Å². The van der Waals surface area contributed by atoms with Gasteiger partial charge in [-0.2, -0.15) is 0 Å². The molecule has 0 fully saturated rings. The summed E-state index contributed by atoms with van der Waals surface area (Å²) in [5.74, 6) is 0.461. The minimum atomic E-state index is -0.173. The van der Waals surface area contributed by atoms with Gasteiger partial charge < -0.3 is 10.3 Å². The Balaban J connectivity index is 1.63. The third kappa shape index (κ3) is 3.68. The van der Waals surface area contributed by atoms with E-state index in [1.165, 1.54) is 0 Å². The number of H-pyrrole nitrogens is 1. The second kappa shape index (κ2) is 7.08. The number of para-hydroxylation sites is 1. The summed E-state index contributed by atoms with van der Waals surface area (Å²) >= 11 is 0. The summed E-state index contributed by atoms with van der Waals surface area (Å²) in [5, 5.41) is 3.52. The zero-order valence-corrected chi connectivity index (χ0v) is 13.5. The maximum absolute atomic E-state index is 12.1. The normalized spacial score (nSPS) is 12.0. The number of nitrogens with zero attached hydrogens (tertiary/aromatic N) is 1. The maximum Gasteiger partial charge on any atom is 0.258 e. The van der Waals surface area contributed by atoms with Crippen LogP contribution < -0.4 is 10.9 Å². The summed E-state index contributed by atoms with van der Waals surface area (Å²) in [6, 6.07) is 16.9. The number of aromatic nitrogens is 2. The van der Waals surface area contributed by atoms with Crippen molar-refractivity contribution in [2.24, 2.45) is 0 Å². The van der Waals surface area contributed by atoms with Gasteiger partial charge in [0.25, 0.3) is 5.56 Å². The summed E-state index contributed by atoms with van der Waals surface area (Å²) in [6.45, 7) is 1.95.